The van der Waals surface area contributed by atoms with Gasteiger partial charge in [0.15, 0.2) is 0 Å². The van der Waals surface area contributed by atoms with Gasteiger partial charge in [-0.1, -0.05) is 65.3 Å². The van der Waals surface area contributed by atoms with E-state index in [0.29, 0.717) is 17.6 Å². The summed E-state index contributed by atoms with van der Waals surface area (Å²) in [6.07, 6.45) is 2.12. The van der Waals surface area contributed by atoms with Gasteiger partial charge < -0.3 is 4.74 Å². The number of esters is 1. The molecule has 158 valence electrons. The van der Waals surface area contributed by atoms with Crippen molar-refractivity contribution in [3.8, 4) is 5.75 Å². The van der Waals surface area contributed by atoms with Crippen molar-refractivity contribution < 1.29 is 22.5 Å². The Morgan fingerprint density at radius 1 is 1.07 bits per heavy atom. The Kier molecular flexibility index (Phi) is 7.25. The van der Waals surface area contributed by atoms with Crippen LogP contribution in [0.3, 0.4) is 0 Å². The van der Waals surface area contributed by atoms with Gasteiger partial charge in [-0.2, -0.15) is 8.42 Å². The molecule has 1 N–H and O–H groups in total. The van der Waals surface area contributed by atoms with Crippen molar-refractivity contribution in [3.63, 3.8) is 0 Å². The molecule has 0 bridgehead atoms. The smallest absolute Gasteiger partial charge is 0.344 e. The minimum atomic E-state index is -4.52. The molecular formula is C23H30O5S. The van der Waals surface area contributed by atoms with Crippen molar-refractivity contribution in [1.29, 1.82) is 0 Å². The number of carbonyl (C=O) groups is 1. The van der Waals surface area contributed by atoms with Gasteiger partial charge in [0.25, 0.3) is 10.1 Å². The second-order valence-electron chi connectivity index (χ2n) is 8.69. The highest BCUT2D eigenvalue weighted by atomic mass is 32.2. The van der Waals surface area contributed by atoms with Crippen LogP contribution in [0.2, 0.25) is 0 Å². The van der Waals surface area contributed by atoms with Crippen LogP contribution in [0.15, 0.2) is 53.4 Å². The van der Waals surface area contributed by atoms with Gasteiger partial charge in [-0.05, 0) is 53.5 Å². The van der Waals surface area contributed by atoms with Crippen molar-refractivity contribution >= 4 is 16.1 Å². The van der Waals surface area contributed by atoms with E-state index in [9.17, 15) is 17.8 Å². The first-order valence-electron chi connectivity index (χ1n) is 9.81. The molecule has 0 fully saturated rings. The molecule has 5 nitrogen and oxygen atoms in total. The molecule has 2 unspecified atom stereocenters. The molecule has 0 aromatic heterocycles. The summed E-state index contributed by atoms with van der Waals surface area (Å²) >= 11 is 0. The second kappa shape index (κ2) is 9.09. The number of hydrogen-bond donors (Lipinski definition) is 1. The summed E-state index contributed by atoms with van der Waals surface area (Å²) in [7, 11) is -4.52. The molecule has 0 amide bonds. The maximum Gasteiger partial charge on any atom is 0.344 e. The summed E-state index contributed by atoms with van der Waals surface area (Å²) in [6, 6.07) is 12.8. The molecule has 0 radical (unpaired) electrons. The fourth-order valence-corrected chi connectivity index (χ4v) is 4.08. The lowest BCUT2D eigenvalue weighted by molar-refractivity contribution is 0.0730. The zero-order valence-corrected chi connectivity index (χ0v) is 18.5. The van der Waals surface area contributed by atoms with E-state index in [0.717, 1.165) is 18.9 Å². The van der Waals surface area contributed by atoms with Crippen LogP contribution in [-0.2, 0) is 10.1 Å². The minimum Gasteiger partial charge on any atom is -0.423 e. The molecule has 0 saturated heterocycles. The normalized spacial score (nSPS) is 14.3. The summed E-state index contributed by atoms with van der Waals surface area (Å²) in [5, 5.41) is 0. The Bertz CT molecular complexity index is 940. The average Bonchev–Trinajstić information content (AvgIpc) is 2.65. The summed E-state index contributed by atoms with van der Waals surface area (Å²) in [5.74, 6) is 0.399. The Morgan fingerprint density at radius 3 is 2.17 bits per heavy atom. The van der Waals surface area contributed by atoms with Crippen LogP contribution < -0.4 is 4.74 Å². The topological polar surface area (TPSA) is 80.7 Å². The van der Waals surface area contributed by atoms with E-state index in [4.69, 9.17) is 4.74 Å². The lowest BCUT2D eigenvalue weighted by atomic mass is 9.75. The molecule has 0 aliphatic carbocycles. The van der Waals surface area contributed by atoms with E-state index in [1.54, 1.807) is 12.1 Å². The predicted octanol–water partition coefficient (Wildman–Crippen LogP) is 5.72. The first-order valence-corrected chi connectivity index (χ1v) is 11.2. The van der Waals surface area contributed by atoms with Gasteiger partial charge in [0, 0.05) is 0 Å². The van der Waals surface area contributed by atoms with Crippen LogP contribution in [0.4, 0.5) is 0 Å². The average molecular weight is 419 g/mol. The second-order valence-corrected chi connectivity index (χ2v) is 10.1. The van der Waals surface area contributed by atoms with Crippen molar-refractivity contribution in [3.05, 3.63) is 59.7 Å². The van der Waals surface area contributed by atoms with Gasteiger partial charge in [0.05, 0.1) is 5.56 Å². The molecule has 0 spiro atoms. The summed E-state index contributed by atoms with van der Waals surface area (Å²) in [4.78, 5) is 12.0. The first kappa shape index (κ1) is 23.1. The van der Waals surface area contributed by atoms with Crippen molar-refractivity contribution in [2.24, 2.45) is 11.3 Å². The zero-order valence-electron chi connectivity index (χ0n) is 17.7. The molecule has 0 saturated carbocycles. The van der Waals surface area contributed by atoms with Crippen LogP contribution in [-0.4, -0.2) is 18.9 Å². The molecule has 0 aliphatic heterocycles. The third-order valence-electron chi connectivity index (χ3n) is 5.07. The van der Waals surface area contributed by atoms with Gasteiger partial charge in [-0.25, -0.2) is 4.79 Å². The first-order chi connectivity index (χ1) is 13.4. The molecule has 2 rings (SSSR count). The van der Waals surface area contributed by atoms with Crippen molar-refractivity contribution in [2.75, 3.05) is 0 Å². The highest BCUT2D eigenvalue weighted by Crippen LogP contribution is 2.38. The van der Waals surface area contributed by atoms with E-state index in [1.807, 2.05) is 12.1 Å². The largest absolute Gasteiger partial charge is 0.423 e. The lowest BCUT2D eigenvalue weighted by Crippen LogP contribution is -2.18. The molecule has 2 atom stereocenters. The monoisotopic (exact) mass is 418 g/mol. The number of rotatable bonds is 7. The Hall–Kier alpha value is -2.18. The van der Waals surface area contributed by atoms with Gasteiger partial charge >= 0.3 is 5.97 Å². The Labute approximate surface area is 173 Å². The summed E-state index contributed by atoms with van der Waals surface area (Å²) < 4.78 is 37.6. The molecule has 6 heteroatoms. The zero-order chi connectivity index (χ0) is 21.8. The maximum atomic E-state index is 12.4. The van der Waals surface area contributed by atoms with E-state index in [2.05, 4.69) is 34.6 Å². The number of ether oxygens (including phenoxy) is 1. The molecule has 0 aliphatic rings. The Morgan fingerprint density at radius 2 is 1.66 bits per heavy atom. The Balaban J connectivity index is 2.24. The minimum absolute atomic E-state index is 0.193. The quantitative estimate of drug-likeness (QED) is 0.353. The third-order valence-corrected chi connectivity index (χ3v) is 5.98. The number of hydrogen-bond acceptors (Lipinski definition) is 4. The van der Waals surface area contributed by atoms with Crippen LogP contribution >= 0.6 is 0 Å². The highest BCUT2D eigenvalue weighted by molar-refractivity contribution is 7.86. The fourth-order valence-electron chi connectivity index (χ4n) is 3.40. The van der Waals surface area contributed by atoms with Gasteiger partial charge in [0.1, 0.15) is 10.6 Å². The number of carbonyl (C=O) groups excluding carboxylic acids is 1. The highest BCUT2D eigenvalue weighted by Gasteiger charge is 2.25. The SMILES string of the molecule is CCC(C)C(CC(C)(C)C)c1ccc(OC(=O)c2ccccc2S(=O)(=O)O)cc1. The van der Waals surface area contributed by atoms with Crippen LogP contribution in [0.5, 0.6) is 5.75 Å². The maximum absolute atomic E-state index is 12.4. The van der Waals surface area contributed by atoms with Crippen molar-refractivity contribution in [2.45, 2.75) is 58.3 Å². The molecule has 2 aromatic rings. The predicted molar refractivity (Wildman–Crippen MR) is 114 cm³/mol. The number of benzene rings is 2. The molecular weight excluding hydrogens is 388 g/mol. The fraction of sp³-hybridized carbons (Fsp3) is 0.435. The van der Waals surface area contributed by atoms with Crippen LogP contribution in [0, 0.1) is 11.3 Å². The van der Waals surface area contributed by atoms with Crippen LogP contribution in [0.25, 0.3) is 0 Å². The summed E-state index contributed by atoms with van der Waals surface area (Å²) in [5.41, 5.74) is 1.18. The van der Waals surface area contributed by atoms with Gasteiger partial charge in [0.2, 0.25) is 0 Å². The van der Waals surface area contributed by atoms with E-state index < -0.39 is 21.0 Å². The third kappa shape index (κ3) is 6.41. The molecule has 0 heterocycles. The molecule has 29 heavy (non-hydrogen) atoms. The van der Waals surface area contributed by atoms with Gasteiger partial charge in [-0.3, -0.25) is 4.55 Å². The standard InChI is InChI=1S/C23H30O5S/c1-6-16(2)20(15-23(3,4)5)17-11-13-18(14-12-17)28-22(24)19-9-7-8-10-21(19)29(25,26)27/h7-14,16,20H,6,15H2,1-5H3,(H,25,26,27). The van der Waals surface area contributed by atoms with E-state index in [1.165, 1.54) is 23.8 Å². The van der Waals surface area contributed by atoms with Gasteiger partial charge in [-0.15, -0.1) is 0 Å². The van der Waals surface area contributed by atoms with E-state index in [-0.39, 0.29) is 11.0 Å². The van der Waals surface area contributed by atoms with Crippen LogP contribution in [0.1, 0.15) is 69.3 Å². The lowest BCUT2D eigenvalue weighted by Gasteiger charge is -2.30. The van der Waals surface area contributed by atoms with E-state index >= 15 is 0 Å². The van der Waals surface area contributed by atoms with Crippen molar-refractivity contribution in [1.82, 2.24) is 0 Å². The molecule has 2 aromatic carbocycles. The summed E-state index contributed by atoms with van der Waals surface area (Å²) in [6.45, 7) is 11.1.